The predicted octanol–water partition coefficient (Wildman–Crippen LogP) is -0.522. The quantitative estimate of drug-likeness (QED) is 0.700. The SMILES string of the molecule is NC(=O)N1CC(N2CCc3c(-c4cnc(N)nc4)nc(N4CCOCC4)nc32)C1. The summed E-state index contributed by atoms with van der Waals surface area (Å²) in [6.45, 7) is 4.86. The molecule has 0 bridgehead atoms. The molecular weight excluding hydrogens is 374 g/mol. The van der Waals surface area contributed by atoms with Gasteiger partial charge in [0.05, 0.1) is 24.9 Å². The number of carbonyl (C=O) groups is 1. The maximum Gasteiger partial charge on any atom is 0.314 e. The number of fused-ring (bicyclic) bond motifs is 1. The molecule has 4 N–H and O–H groups in total. The van der Waals surface area contributed by atoms with Gasteiger partial charge in [-0.3, -0.25) is 0 Å². The minimum absolute atomic E-state index is 0.215. The number of carbonyl (C=O) groups excluding carboxylic acids is 1. The van der Waals surface area contributed by atoms with Gasteiger partial charge in [0.15, 0.2) is 0 Å². The molecule has 2 saturated heterocycles. The number of hydrogen-bond acceptors (Lipinski definition) is 9. The number of nitrogen functional groups attached to an aromatic ring is 1. The first-order valence-corrected chi connectivity index (χ1v) is 9.72. The fourth-order valence-corrected chi connectivity index (χ4v) is 4.06. The van der Waals surface area contributed by atoms with Crippen LogP contribution in [-0.4, -0.2) is 82.8 Å². The lowest BCUT2D eigenvalue weighted by molar-refractivity contribution is 0.122. The van der Waals surface area contributed by atoms with Crippen LogP contribution in [0.1, 0.15) is 5.56 Å². The van der Waals surface area contributed by atoms with E-state index in [0.717, 1.165) is 48.7 Å². The molecule has 3 aliphatic rings. The summed E-state index contributed by atoms with van der Waals surface area (Å²) in [6, 6.07) is -0.163. The van der Waals surface area contributed by atoms with Gasteiger partial charge in [0.1, 0.15) is 5.82 Å². The standard InChI is InChI=1S/C18H23N9O2/c19-16-21-7-11(8-22-16)14-13-1-2-27(12-9-26(10-12)17(20)28)15(13)24-18(23-14)25-3-5-29-6-4-25/h7-8,12H,1-6,9-10H2,(H2,20,28)(H2,19,21,22). The van der Waals surface area contributed by atoms with E-state index in [1.807, 2.05) is 0 Å². The third-order valence-corrected chi connectivity index (χ3v) is 5.70. The van der Waals surface area contributed by atoms with Crippen molar-refractivity contribution in [1.29, 1.82) is 0 Å². The van der Waals surface area contributed by atoms with E-state index in [1.54, 1.807) is 17.3 Å². The first kappa shape index (κ1) is 17.9. The summed E-state index contributed by atoms with van der Waals surface area (Å²) in [5.74, 6) is 1.83. The summed E-state index contributed by atoms with van der Waals surface area (Å²) in [4.78, 5) is 35.5. The number of nitrogens with zero attached hydrogens (tertiary/aromatic N) is 7. The molecular formula is C18H23N9O2. The Kier molecular flexibility index (Phi) is 4.31. The van der Waals surface area contributed by atoms with Crippen LogP contribution < -0.4 is 21.3 Å². The number of rotatable bonds is 3. The zero-order valence-electron chi connectivity index (χ0n) is 16.0. The number of hydrogen-bond donors (Lipinski definition) is 2. The van der Waals surface area contributed by atoms with Gasteiger partial charge in [0.25, 0.3) is 0 Å². The van der Waals surface area contributed by atoms with E-state index in [4.69, 9.17) is 26.2 Å². The van der Waals surface area contributed by atoms with E-state index in [0.29, 0.717) is 32.3 Å². The average molecular weight is 397 g/mol. The van der Waals surface area contributed by atoms with Crippen molar-refractivity contribution in [3.8, 4) is 11.3 Å². The zero-order chi connectivity index (χ0) is 20.0. The Hall–Kier alpha value is -3.21. The van der Waals surface area contributed by atoms with Gasteiger partial charge < -0.3 is 30.9 Å². The Morgan fingerprint density at radius 1 is 1.10 bits per heavy atom. The number of urea groups is 1. The van der Waals surface area contributed by atoms with E-state index in [2.05, 4.69) is 19.8 Å². The molecule has 152 valence electrons. The molecule has 5 rings (SSSR count). The molecule has 0 spiro atoms. The van der Waals surface area contributed by atoms with Crippen LogP contribution in [0.5, 0.6) is 0 Å². The highest BCUT2D eigenvalue weighted by Gasteiger charge is 2.39. The lowest BCUT2D eigenvalue weighted by atomic mass is 10.1. The molecule has 0 radical (unpaired) electrons. The second-order valence-electron chi connectivity index (χ2n) is 7.44. The third-order valence-electron chi connectivity index (χ3n) is 5.70. The molecule has 5 heterocycles. The van der Waals surface area contributed by atoms with Gasteiger partial charge in [-0.15, -0.1) is 0 Å². The number of anilines is 3. The number of nitrogens with two attached hydrogens (primary N) is 2. The first-order valence-electron chi connectivity index (χ1n) is 9.72. The molecule has 3 aliphatic heterocycles. The summed E-state index contributed by atoms with van der Waals surface area (Å²) in [6.07, 6.45) is 4.23. The molecule has 0 aromatic carbocycles. The van der Waals surface area contributed by atoms with Crippen LogP contribution in [0.25, 0.3) is 11.3 Å². The molecule has 0 unspecified atom stereocenters. The number of amides is 2. The Morgan fingerprint density at radius 2 is 1.83 bits per heavy atom. The van der Waals surface area contributed by atoms with E-state index in [-0.39, 0.29) is 18.0 Å². The van der Waals surface area contributed by atoms with Crippen molar-refractivity contribution in [2.75, 3.05) is 61.5 Å². The third kappa shape index (κ3) is 3.16. The summed E-state index contributed by atoms with van der Waals surface area (Å²) >= 11 is 0. The fraction of sp³-hybridized carbons (Fsp3) is 0.500. The van der Waals surface area contributed by atoms with E-state index in [1.165, 1.54) is 0 Å². The molecule has 0 atom stereocenters. The van der Waals surface area contributed by atoms with Crippen LogP contribution in [0.3, 0.4) is 0 Å². The van der Waals surface area contributed by atoms with Gasteiger partial charge in [-0.1, -0.05) is 0 Å². The largest absolute Gasteiger partial charge is 0.378 e. The van der Waals surface area contributed by atoms with E-state index < -0.39 is 0 Å². The van der Waals surface area contributed by atoms with Crippen LogP contribution in [0, 0.1) is 0 Å². The van der Waals surface area contributed by atoms with Crippen LogP contribution in [0.2, 0.25) is 0 Å². The van der Waals surface area contributed by atoms with Crippen molar-refractivity contribution in [3.63, 3.8) is 0 Å². The number of ether oxygens (including phenoxy) is 1. The Bertz CT molecular complexity index is 924. The zero-order valence-corrected chi connectivity index (χ0v) is 16.0. The molecule has 11 heteroatoms. The Balaban J connectivity index is 1.53. The fourth-order valence-electron chi connectivity index (χ4n) is 4.06. The average Bonchev–Trinajstić information content (AvgIpc) is 3.11. The van der Waals surface area contributed by atoms with Crippen LogP contribution in [-0.2, 0) is 11.2 Å². The maximum absolute atomic E-state index is 11.4. The van der Waals surface area contributed by atoms with Crippen molar-refractivity contribution >= 4 is 23.7 Å². The number of primary amides is 1. The lowest BCUT2D eigenvalue weighted by Gasteiger charge is -2.43. The van der Waals surface area contributed by atoms with Crippen molar-refractivity contribution in [2.45, 2.75) is 12.5 Å². The van der Waals surface area contributed by atoms with Crippen molar-refractivity contribution < 1.29 is 9.53 Å². The molecule has 2 amide bonds. The lowest BCUT2D eigenvalue weighted by Crippen LogP contribution is -2.62. The predicted molar refractivity (Wildman–Crippen MR) is 106 cm³/mol. The number of morpholine rings is 1. The molecule has 11 nitrogen and oxygen atoms in total. The summed E-state index contributed by atoms with van der Waals surface area (Å²) in [5.41, 5.74) is 13.8. The molecule has 2 aromatic heterocycles. The summed E-state index contributed by atoms with van der Waals surface area (Å²) < 4.78 is 5.47. The van der Waals surface area contributed by atoms with Gasteiger partial charge in [0, 0.05) is 56.2 Å². The van der Waals surface area contributed by atoms with Crippen molar-refractivity contribution in [1.82, 2.24) is 24.8 Å². The normalized spacial score (nSPS) is 19.2. The minimum Gasteiger partial charge on any atom is -0.378 e. The van der Waals surface area contributed by atoms with Gasteiger partial charge in [-0.25, -0.2) is 19.7 Å². The molecule has 0 aliphatic carbocycles. The number of likely N-dealkylation sites (tertiary alicyclic amines) is 1. The van der Waals surface area contributed by atoms with E-state index >= 15 is 0 Å². The first-order chi connectivity index (χ1) is 14.1. The van der Waals surface area contributed by atoms with Crippen LogP contribution >= 0.6 is 0 Å². The highest BCUT2D eigenvalue weighted by atomic mass is 16.5. The van der Waals surface area contributed by atoms with Gasteiger partial charge in [-0.05, 0) is 6.42 Å². The van der Waals surface area contributed by atoms with Gasteiger partial charge in [0.2, 0.25) is 11.9 Å². The maximum atomic E-state index is 11.4. The smallest absolute Gasteiger partial charge is 0.314 e. The van der Waals surface area contributed by atoms with Crippen molar-refractivity contribution in [2.24, 2.45) is 5.73 Å². The van der Waals surface area contributed by atoms with E-state index in [9.17, 15) is 4.79 Å². The van der Waals surface area contributed by atoms with Gasteiger partial charge >= 0.3 is 6.03 Å². The minimum atomic E-state index is -0.378. The van der Waals surface area contributed by atoms with Crippen LogP contribution in [0.4, 0.5) is 22.5 Å². The molecule has 2 fully saturated rings. The topological polar surface area (TPSA) is 140 Å². The Labute approximate surface area is 167 Å². The van der Waals surface area contributed by atoms with Crippen LogP contribution in [0.15, 0.2) is 12.4 Å². The second-order valence-corrected chi connectivity index (χ2v) is 7.44. The Morgan fingerprint density at radius 3 is 2.52 bits per heavy atom. The second kappa shape index (κ2) is 6.99. The summed E-state index contributed by atoms with van der Waals surface area (Å²) in [5, 5.41) is 0. The summed E-state index contributed by atoms with van der Waals surface area (Å²) in [7, 11) is 0. The van der Waals surface area contributed by atoms with Crippen molar-refractivity contribution in [3.05, 3.63) is 18.0 Å². The highest BCUT2D eigenvalue weighted by Crippen LogP contribution is 2.37. The molecule has 2 aromatic rings. The number of aromatic nitrogens is 4. The monoisotopic (exact) mass is 397 g/mol. The molecule has 0 saturated carbocycles. The van der Waals surface area contributed by atoms with Gasteiger partial charge in [-0.2, -0.15) is 4.98 Å². The molecule has 29 heavy (non-hydrogen) atoms. The highest BCUT2D eigenvalue weighted by molar-refractivity contribution is 5.75.